The number of likely N-dealkylation sites (tertiary alicyclic amines) is 1. The number of aliphatic hydroxyl groups is 1. The van der Waals surface area contributed by atoms with E-state index in [1.54, 1.807) is 28.5 Å². The maximum Gasteiger partial charge on any atom is 0.247 e. The van der Waals surface area contributed by atoms with Crippen LogP contribution in [0.5, 0.6) is 5.75 Å². The lowest BCUT2D eigenvalue weighted by Gasteiger charge is -2.38. The first-order valence-corrected chi connectivity index (χ1v) is 15.9. The van der Waals surface area contributed by atoms with Crippen molar-refractivity contribution in [2.45, 2.75) is 35.9 Å². The first-order chi connectivity index (χ1) is 20.4. The van der Waals surface area contributed by atoms with E-state index in [1.807, 2.05) is 60.4 Å². The molecule has 10 nitrogen and oxygen atoms in total. The number of hydrogen-bond acceptors (Lipinski definition) is 8. The number of rotatable bonds is 8. The van der Waals surface area contributed by atoms with Crippen LogP contribution in [0.4, 0.5) is 5.69 Å². The zero-order chi connectivity index (χ0) is 29.4. The second-order valence-electron chi connectivity index (χ2n) is 11.6. The van der Waals surface area contributed by atoms with Crippen LogP contribution in [0.15, 0.2) is 48.6 Å². The van der Waals surface area contributed by atoms with Gasteiger partial charge in [0.2, 0.25) is 17.7 Å². The minimum absolute atomic E-state index is 0.117. The van der Waals surface area contributed by atoms with Gasteiger partial charge in [-0.15, -0.1) is 11.8 Å². The summed E-state index contributed by atoms with van der Waals surface area (Å²) >= 11 is 1.56. The molecule has 5 aliphatic rings. The second-order valence-corrected chi connectivity index (χ2v) is 13.1. The summed E-state index contributed by atoms with van der Waals surface area (Å²) in [4.78, 5) is 50.5. The third kappa shape index (κ3) is 4.94. The van der Waals surface area contributed by atoms with Gasteiger partial charge in [-0.1, -0.05) is 24.3 Å². The molecule has 0 saturated carbocycles. The monoisotopic (exact) mass is 596 g/mol. The van der Waals surface area contributed by atoms with Crippen molar-refractivity contribution >= 4 is 35.2 Å². The number of amides is 3. The molecular weight excluding hydrogens is 556 g/mol. The first-order valence-electron chi connectivity index (χ1n) is 15.0. The molecule has 1 unspecified atom stereocenters. The van der Waals surface area contributed by atoms with Gasteiger partial charge >= 0.3 is 0 Å². The molecule has 0 bridgehead atoms. The fraction of sp³-hybridized carbons (Fsp3) is 0.581. The summed E-state index contributed by atoms with van der Waals surface area (Å²) in [5, 5.41) is 9.94. The highest BCUT2D eigenvalue weighted by atomic mass is 32.2. The zero-order valence-electron chi connectivity index (χ0n) is 24.3. The Labute approximate surface area is 251 Å². The number of aliphatic hydroxyl groups excluding tert-OH is 1. The van der Waals surface area contributed by atoms with E-state index in [2.05, 4.69) is 4.90 Å². The normalized spacial score (nSPS) is 32.0. The minimum atomic E-state index is -0.900. The molecule has 6 atom stereocenters. The molecule has 11 heteroatoms. The SMILES string of the molecule is CCOc1ccc(N2CC=C[C@H]3S[C@]45C=CCN(CCN6CCOCC6)C(=O)C4N([C@H](C)CO)C(=O)[C@@H]5[C@H]3C2=O)cc1. The first kappa shape index (κ1) is 29.2. The van der Waals surface area contributed by atoms with E-state index >= 15 is 0 Å². The standard InChI is InChI=1S/C31H40N4O6S/c1-3-41-23-9-7-22(8-10-23)34-13-4-6-24-25(28(34)37)26-29(38)35(21(2)20-36)27-30(39)33(12-5-11-31(26,27)42-24)15-14-32-16-18-40-19-17-32/h4-11,21,24-27,36H,3,12-20H2,1-2H3/t21-,24-,25+,26+,27?,31+/m1/s1. The van der Waals surface area contributed by atoms with Gasteiger partial charge in [-0.25, -0.2) is 0 Å². The Morgan fingerprint density at radius 3 is 2.52 bits per heavy atom. The summed E-state index contributed by atoms with van der Waals surface area (Å²) in [7, 11) is 0. The molecular formula is C31H40N4O6S. The molecule has 1 aromatic carbocycles. The lowest BCUT2D eigenvalue weighted by molar-refractivity contribution is -0.145. The highest BCUT2D eigenvalue weighted by Gasteiger charge is 2.71. The van der Waals surface area contributed by atoms with Crippen LogP contribution in [0.2, 0.25) is 0 Å². The Morgan fingerprint density at radius 2 is 1.81 bits per heavy atom. The second kappa shape index (κ2) is 12.0. The van der Waals surface area contributed by atoms with E-state index in [-0.39, 0.29) is 29.6 Å². The third-order valence-corrected chi connectivity index (χ3v) is 10.9. The number of carbonyl (C=O) groups excluding carboxylic acids is 3. The van der Waals surface area contributed by atoms with E-state index in [1.165, 1.54) is 0 Å². The Kier molecular flexibility index (Phi) is 8.37. The smallest absolute Gasteiger partial charge is 0.247 e. The average Bonchev–Trinajstić information content (AvgIpc) is 3.33. The topological polar surface area (TPSA) is 103 Å². The molecule has 42 heavy (non-hydrogen) atoms. The average molecular weight is 597 g/mol. The van der Waals surface area contributed by atoms with Gasteiger partial charge in [-0.2, -0.15) is 0 Å². The summed E-state index contributed by atoms with van der Waals surface area (Å²) in [5.74, 6) is -1.09. The summed E-state index contributed by atoms with van der Waals surface area (Å²) in [6, 6.07) is 6.09. The Morgan fingerprint density at radius 1 is 1.05 bits per heavy atom. The molecule has 1 N–H and O–H groups in total. The lowest BCUT2D eigenvalue weighted by Crippen LogP contribution is -2.56. The van der Waals surface area contributed by atoms with Gasteiger partial charge in [-0.05, 0) is 38.1 Å². The van der Waals surface area contributed by atoms with Gasteiger partial charge in [0, 0.05) is 50.2 Å². The van der Waals surface area contributed by atoms with Crippen molar-refractivity contribution in [1.82, 2.24) is 14.7 Å². The van der Waals surface area contributed by atoms with E-state index in [4.69, 9.17) is 9.47 Å². The zero-order valence-corrected chi connectivity index (χ0v) is 25.1. The maximum absolute atomic E-state index is 14.4. The van der Waals surface area contributed by atoms with Crippen LogP contribution in [-0.4, -0.2) is 125 Å². The molecule has 1 spiro atoms. The van der Waals surface area contributed by atoms with Crippen LogP contribution < -0.4 is 9.64 Å². The van der Waals surface area contributed by atoms with Crippen LogP contribution >= 0.6 is 11.8 Å². The van der Waals surface area contributed by atoms with Crippen molar-refractivity contribution in [3.63, 3.8) is 0 Å². The molecule has 5 aliphatic heterocycles. The number of hydrogen-bond donors (Lipinski definition) is 1. The van der Waals surface area contributed by atoms with E-state index in [0.29, 0.717) is 39.5 Å². The van der Waals surface area contributed by atoms with Gasteiger partial charge in [-0.3, -0.25) is 19.3 Å². The van der Waals surface area contributed by atoms with Crippen LogP contribution in [0.3, 0.4) is 0 Å². The molecule has 0 aromatic heterocycles. The van der Waals surface area contributed by atoms with Crippen molar-refractivity contribution < 1.29 is 29.0 Å². The number of fused-ring (bicyclic) bond motifs is 2. The van der Waals surface area contributed by atoms with Gasteiger partial charge < -0.3 is 29.3 Å². The molecule has 6 rings (SSSR count). The van der Waals surface area contributed by atoms with Crippen LogP contribution in [0.25, 0.3) is 0 Å². The number of morpholine rings is 1. The molecule has 3 amide bonds. The number of thioether (sulfide) groups is 1. The molecule has 226 valence electrons. The molecule has 5 heterocycles. The predicted molar refractivity (Wildman–Crippen MR) is 160 cm³/mol. The van der Waals surface area contributed by atoms with E-state index in [0.717, 1.165) is 31.1 Å². The molecule has 3 saturated heterocycles. The number of nitrogens with zero attached hydrogens (tertiary/aromatic N) is 4. The van der Waals surface area contributed by atoms with Crippen LogP contribution in [-0.2, 0) is 19.1 Å². The van der Waals surface area contributed by atoms with Crippen LogP contribution in [0.1, 0.15) is 13.8 Å². The van der Waals surface area contributed by atoms with Gasteiger partial charge in [0.05, 0.1) is 49.1 Å². The maximum atomic E-state index is 14.4. The summed E-state index contributed by atoms with van der Waals surface area (Å²) < 4.78 is 10.2. The van der Waals surface area contributed by atoms with Crippen molar-refractivity contribution in [1.29, 1.82) is 0 Å². The van der Waals surface area contributed by atoms with Gasteiger partial charge in [0.25, 0.3) is 0 Å². The fourth-order valence-electron chi connectivity index (χ4n) is 7.09. The minimum Gasteiger partial charge on any atom is -0.494 e. The summed E-state index contributed by atoms with van der Waals surface area (Å²) in [5.41, 5.74) is 0.740. The molecule has 0 aliphatic carbocycles. The highest BCUT2D eigenvalue weighted by Crippen LogP contribution is 2.61. The molecule has 3 fully saturated rings. The molecule has 0 radical (unpaired) electrons. The highest BCUT2D eigenvalue weighted by molar-refractivity contribution is 8.02. The number of ether oxygens (including phenoxy) is 2. The van der Waals surface area contributed by atoms with E-state index < -0.39 is 28.7 Å². The number of carbonyl (C=O) groups is 3. The Bertz CT molecular complexity index is 1250. The fourth-order valence-corrected chi connectivity index (χ4v) is 9.09. The summed E-state index contributed by atoms with van der Waals surface area (Å²) in [6.07, 6.45) is 8.06. The quantitative estimate of drug-likeness (QED) is 0.450. The predicted octanol–water partition coefficient (Wildman–Crippen LogP) is 1.40. The lowest BCUT2D eigenvalue weighted by atomic mass is 9.78. The van der Waals surface area contributed by atoms with Crippen molar-refractivity contribution in [2.75, 3.05) is 70.6 Å². The third-order valence-electron chi connectivity index (χ3n) is 9.17. The Balaban J connectivity index is 1.32. The van der Waals surface area contributed by atoms with Crippen LogP contribution in [0, 0.1) is 11.8 Å². The van der Waals surface area contributed by atoms with E-state index in [9.17, 15) is 19.5 Å². The number of anilines is 1. The largest absolute Gasteiger partial charge is 0.494 e. The van der Waals surface area contributed by atoms with Crippen molar-refractivity contribution in [2.24, 2.45) is 11.8 Å². The van der Waals surface area contributed by atoms with Gasteiger partial charge in [0.1, 0.15) is 11.8 Å². The number of benzene rings is 1. The summed E-state index contributed by atoms with van der Waals surface area (Å²) in [6.45, 7) is 9.14. The van der Waals surface area contributed by atoms with Gasteiger partial charge in [0.15, 0.2) is 0 Å². The molecule has 1 aromatic rings. The Hall–Kier alpha value is -2.86. The van der Waals surface area contributed by atoms with Crippen molar-refractivity contribution in [3.8, 4) is 5.75 Å². The van der Waals surface area contributed by atoms with Crippen molar-refractivity contribution in [3.05, 3.63) is 48.6 Å².